The van der Waals surface area contributed by atoms with Crippen LogP contribution in [0.2, 0.25) is 0 Å². The minimum Gasteiger partial charge on any atom is -0.486 e. The summed E-state index contributed by atoms with van der Waals surface area (Å²) in [5.41, 5.74) is 6.61. The number of ether oxygens (including phenoxy) is 2. The van der Waals surface area contributed by atoms with Crippen LogP contribution >= 0.6 is 11.3 Å². The summed E-state index contributed by atoms with van der Waals surface area (Å²) in [5, 5.41) is 0.877. The van der Waals surface area contributed by atoms with Gasteiger partial charge in [0.25, 0.3) is 0 Å². The van der Waals surface area contributed by atoms with Gasteiger partial charge in [0, 0.05) is 26.6 Å². The van der Waals surface area contributed by atoms with Crippen LogP contribution in [-0.4, -0.2) is 39.2 Å². The summed E-state index contributed by atoms with van der Waals surface area (Å²) >= 11 is 1.39. The second kappa shape index (κ2) is 7.66. The van der Waals surface area contributed by atoms with Gasteiger partial charge >= 0.3 is 0 Å². The quantitative estimate of drug-likeness (QED) is 0.747. The van der Waals surface area contributed by atoms with E-state index in [-0.39, 0.29) is 17.8 Å². The number of Topliss-reactive ketones (excluding diaryl/α,β-unsaturated/α-hetero) is 1. The molecule has 2 N–H and O–H groups in total. The lowest BCUT2D eigenvalue weighted by Gasteiger charge is -2.20. The topological polar surface area (TPSA) is 64.8 Å². The molecule has 1 rings (SSSR count). The van der Waals surface area contributed by atoms with E-state index in [1.165, 1.54) is 11.3 Å². The first kappa shape index (κ1) is 17.8. The molecule has 120 valence electrons. The zero-order chi connectivity index (χ0) is 16.2. The van der Waals surface area contributed by atoms with Crippen LogP contribution in [0.4, 0.5) is 10.7 Å². The Balaban J connectivity index is 3.20. The predicted octanol–water partition coefficient (Wildman–Crippen LogP) is 3.04. The maximum atomic E-state index is 12.3. The number of hydrogen-bond acceptors (Lipinski definition) is 6. The minimum atomic E-state index is -0.0880. The molecule has 0 radical (unpaired) electrons. The van der Waals surface area contributed by atoms with Crippen molar-refractivity contribution in [3.63, 3.8) is 0 Å². The van der Waals surface area contributed by atoms with Crippen molar-refractivity contribution in [1.82, 2.24) is 0 Å². The van der Waals surface area contributed by atoms with Gasteiger partial charge in [-0.25, -0.2) is 0 Å². The molecule has 1 heterocycles. The predicted molar refractivity (Wildman–Crippen MR) is 88.8 cm³/mol. The first-order valence-electron chi connectivity index (χ1n) is 7.12. The zero-order valence-electron chi connectivity index (χ0n) is 13.7. The van der Waals surface area contributed by atoms with Gasteiger partial charge in [-0.2, -0.15) is 0 Å². The summed E-state index contributed by atoms with van der Waals surface area (Å²) in [4.78, 5) is 14.9. The molecule has 0 atom stereocenters. The van der Waals surface area contributed by atoms with Crippen LogP contribution in [0.25, 0.3) is 0 Å². The molecule has 0 aliphatic heterocycles. The molecule has 0 unspecified atom stereocenters. The highest BCUT2D eigenvalue weighted by molar-refractivity contribution is 7.19. The highest BCUT2D eigenvalue weighted by atomic mass is 32.1. The third-order valence-corrected chi connectivity index (χ3v) is 4.28. The number of likely N-dealkylation sites (N-methyl/N-ethyl adjacent to an activating group) is 1. The monoisotopic (exact) mass is 314 g/mol. The van der Waals surface area contributed by atoms with Gasteiger partial charge in [0.1, 0.15) is 5.00 Å². The Morgan fingerprint density at radius 3 is 2.43 bits per heavy atom. The molecular formula is C15H26N2O3S. The molecule has 0 spiro atoms. The number of methoxy groups -OCH3 is 1. The van der Waals surface area contributed by atoms with Gasteiger partial charge in [-0.15, -0.1) is 11.3 Å². The van der Waals surface area contributed by atoms with E-state index in [0.717, 1.165) is 5.00 Å². The average molecular weight is 314 g/mol. The minimum absolute atomic E-state index is 0.00141. The van der Waals surface area contributed by atoms with Gasteiger partial charge < -0.3 is 20.1 Å². The van der Waals surface area contributed by atoms with Gasteiger partial charge in [-0.1, -0.05) is 13.8 Å². The van der Waals surface area contributed by atoms with Crippen LogP contribution < -0.4 is 15.4 Å². The fourth-order valence-electron chi connectivity index (χ4n) is 1.79. The highest BCUT2D eigenvalue weighted by Gasteiger charge is 2.26. The Kier molecular flexibility index (Phi) is 6.48. The summed E-state index contributed by atoms with van der Waals surface area (Å²) in [5.74, 6) is 0.574. The van der Waals surface area contributed by atoms with E-state index in [4.69, 9.17) is 15.2 Å². The number of rotatable bonds is 8. The maximum Gasteiger partial charge on any atom is 0.177 e. The smallest absolute Gasteiger partial charge is 0.177 e. The van der Waals surface area contributed by atoms with Crippen molar-refractivity contribution in [2.45, 2.75) is 33.8 Å². The Bertz CT molecular complexity index is 484. The summed E-state index contributed by atoms with van der Waals surface area (Å²) in [6.07, 6.45) is -0.00141. The normalized spacial score (nSPS) is 11.2. The van der Waals surface area contributed by atoms with E-state index in [1.54, 1.807) is 7.11 Å². The molecule has 0 aromatic carbocycles. The second-order valence-corrected chi connectivity index (χ2v) is 6.58. The van der Waals surface area contributed by atoms with Crippen LogP contribution in [0.5, 0.6) is 5.75 Å². The first-order chi connectivity index (χ1) is 9.79. The summed E-state index contributed by atoms with van der Waals surface area (Å²) in [6.45, 7) is 8.95. The van der Waals surface area contributed by atoms with Crippen molar-refractivity contribution in [2.24, 2.45) is 5.92 Å². The van der Waals surface area contributed by atoms with Crippen LogP contribution in [0, 0.1) is 5.92 Å². The Morgan fingerprint density at radius 1 is 1.33 bits per heavy atom. The number of nitrogens with zero attached hydrogens (tertiary/aromatic N) is 1. The molecule has 0 aliphatic rings. The largest absolute Gasteiger partial charge is 0.486 e. The summed E-state index contributed by atoms with van der Waals surface area (Å²) < 4.78 is 10.9. The van der Waals surface area contributed by atoms with E-state index in [9.17, 15) is 4.79 Å². The fraction of sp³-hybridized carbons (Fsp3) is 0.667. The van der Waals surface area contributed by atoms with E-state index >= 15 is 0 Å². The summed E-state index contributed by atoms with van der Waals surface area (Å²) in [6, 6.07) is 0. The van der Waals surface area contributed by atoms with E-state index in [1.807, 2.05) is 39.6 Å². The number of ketones is 1. The number of thiophene rings is 1. The van der Waals surface area contributed by atoms with Gasteiger partial charge in [0.15, 0.2) is 11.5 Å². The van der Waals surface area contributed by atoms with Crippen LogP contribution in [0.3, 0.4) is 0 Å². The third-order valence-electron chi connectivity index (χ3n) is 2.96. The standard InChI is InChI=1S/C15H26N2O3S/c1-9(2)12(18)14-11(16)13(20-10(3)4)15(21-14)17(5)7-8-19-6/h9-10H,7-8,16H2,1-6H3. The number of nitrogen functional groups attached to an aromatic ring is 1. The zero-order valence-corrected chi connectivity index (χ0v) is 14.5. The number of carbonyl (C=O) groups excluding carboxylic acids is 1. The van der Waals surface area contributed by atoms with E-state index in [2.05, 4.69) is 0 Å². The highest BCUT2D eigenvalue weighted by Crippen LogP contribution is 2.45. The molecule has 21 heavy (non-hydrogen) atoms. The van der Waals surface area contributed by atoms with E-state index < -0.39 is 0 Å². The van der Waals surface area contributed by atoms with Gasteiger partial charge in [-0.05, 0) is 13.8 Å². The second-order valence-electron chi connectivity index (χ2n) is 5.58. The van der Waals surface area contributed by atoms with Crippen LogP contribution in [0.15, 0.2) is 0 Å². The maximum absolute atomic E-state index is 12.3. The van der Waals surface area contributed by atoms with Gasteiger partial charge in [0.05, 0.1) is 23.3 Å². The van der Waals surface area contributed by atoms with Gasteiger partial charge in [-0.3, -0.25) is 4.79 Å². The van der Waals surface area contributed by atoms with Crippen molar-refractivity contribution in [3.8, 4) is 5.75 Å². The molecule has 5 nitrogen and oxygen atoms in total. The van der Waals surface area contributed by atoms with Crippen molar-refractivity contribution >= 4 is 27.8 Å². The Hall–Kier alpha value is -1.27. The molecule has 6 heteroatoms. The van der Waals surface area contributed by atoms with Crippen LogP contribution in [-0.2, 0) is 4.74 Å². The van der Waals surface area contributed by atoms with E-state index in [0.29, 0.717) is 29.5 Å². The van der Waals surface area contributed by atoms with Crippen molar-refractivity contribution in [3.05, 3.63) is 4.88 Å². The van der Waals surface area contributed by atoms with Crippen molar-refractivity contribution < 1.29 is 14.3 Å². The summed E-state index contributed by atoms with van der Waals surface area (Å²) in [7, 11) is 3.61. The lowest BCUT2D eigenvalue weighted by Crippen LogP contribution is -2.22. The number of nitrogens with two attached hydrogens (primary N) is 1. The molecule has 0 saturated carbocycles. The fourth-order valence-corrected chi connectivity index (χ4v) is 3.02. The molecule has 1 aromatic rings. The Morgan fingerprint density at radius 2 is 1.95 bits per heavy atom. The number of anilines is 2. The molecule has 0 aliphatic carbocycles. The Labute approximate surface area is 131 Å². The van der Waals surface area contributed by atoms with Crippen LogP contribution in [0.1, 0.15) is 37.4 Å². The number of hydrogen-bond donors (Lipinski definition) is 1. The molecule has 0 fully saturated rings. The molecule has 0 amide bonds. The SMILES string of the molecule is COCCN(C)c1sc(C(=O)C(C)C)c(N)c1OC(C)C. The number of carbonyl (C=O) groups is 1. The average Bonchev–Trinajstić information content (AvgIpc) is 2.72. The molecular weight excluding hydrogens is 288 g/mol. The first-order valence-corrected chi connectivity index (χ1v) is 7.94. The lowest BCUT2D eigenvalue weighted by atomic mass is 10.1. The molecule has 1 aromatic heterocycles. The van der Waals surface area contributed by atoms with Crippen molar-refractivity contribution in [1.29, 1.82) is 0 Å². The van der Waals surface area contributed by atoms with Crippen molar-refractivity contribution in [2.75, 3.05) is 37.9 Å². The third kappa shape index (κ3) is 4.35. The lowest BCUT2D eigenvalue weighted by molar-refractivity contribution is 0.0944. The molecule has 0 saturated heterocycles. The van der Waals surface area contributed by atoms with Gasteiger partial charge in [0.2, 0.25) is 0 Å². The molecule has 0 bridgehead atoms.